The Labute approximate surface area is 142 Å². The van der Waals surface area contributed by atoms with Gasteiger partial charge in [0.05, 0.1) is 10.6 Å². The molecule has 0 saturated carbocycles. The number of nitro groups is 1. The quantitative estimate of drug-likeness (QED) is 0.544. The number of hydrogen-bond donors (Lipinski definition) is 1. The van der Waals surface area contributed by atoms with Crippen molar-refractivity contribution in [3.05, 3.63) is 71.3 Å². The van der Waals surface area contributed by atoms with E-state index in [9.17, 15) is 14.9 Å². The Morgan fingerprint density at radius 3 is 2.64 bits per heavy atom. The van der Waals surface area contributed by atoms with Gasteiger partial charge in [0.25, 0.3) is 5.91 Å². The molecule has 2 aromatic carbocycles. The normalized spacial score (nSPS) is 10.2. The number of amides is 1. The van der Waals surface area contributed by atoms with Crippen LogP contribution in [0.1, 0.15) is 0 Å². The fourth-order valence-corrected chi connectivity index (χ4v) is 2.11. The molecular formula is C16H13N5O4. The lowest BCUT2D eigenvalue weighted by molar-refractivity contribution is -0.385. The summed E-state index contributed by atoms with van der Waals surface area (Å²) in [6.45, 7) is -0.338. The van der Waals surface area contributed by atoms with E-state index in [1.807, 2.05) is 0 Å². The average Bonchev–Trinajstić information content (AvgIpc) is 3.15. The zero-order valence-corrected chi connectivity index (χ0v) is 12.9. The molecule has 1 amide bonds. The van der Waals surface area contributed by atoms with E-state index in [0.717, 1.165) is 5.69 Å². The standard InChI is InChI=1S/C16H13N5O4/c22-16(9-25-15-4-2-1-3-14(15)21(23)24)19-12-5-7-13(8-6-12)20-11-17-10-18-20/h1-8,10-11H,9H2,(H,19,22). The first-order chi connectivity index (χ1) is 12.1. The zero-order chi connectivity index (χ0) is 17.6. The maximum atomic E-state index is 11.9. The van der Waals surface area contributed by atoms with Crippen LogP contribution in [0.5, 0.6) is 5.75 Å². The predicted octanol–water partition coefficient (Wildman–Crippen LogP) is 2.19. The molecule has 1 N–H and O–H groups in total. The molecule has 3 rings (SSSR count). The van der Waals surface area contributed by atoms with Gasteiger partial charge in [0.1, 0.15) is 12.7 Å². The van der Waals surface area contributed by atoms with Crippen LogP contribution in [0.4, 0.5) is 11.4 Å². The number of nitro benzene ring substituents is 1. The SMILES string of the molecule is O=C(COc1ccccc1[N+](=O)[O-])Nc1ccc(-n2cncn2)cc1. The Morgan fingerprint density at radius 1 is 1.20 bits per heavy atom. The topological polar surface area (TPSA) is 112 Å². The Balaban J connectivity index is 1.59. The third-order valence-electron chi connectivity index (χ3n) is 3.26. The second kappa shape index (κ2) is 7.21. The van der Waals surface area contributed by atoms with Crippen molar-refractivity contribution in [3.8, 4) is 11.4 Å². The highest BCUT2D eigenvalue weighted by molar-refractivity contribution is 5.92. The molecule has 25 heavy (non-hydrogen) atoms. The van der Waals surface area contributed by atoms with Crippen molar-refractivity contribution in [2.45, 2.75) is 0 Å². The molecule has 9 nitrogen and oxygen atoms in total. The van der Waals surface area contributed by atoms with Gasteiger partial charge in [0.15, 0.2) is 12.4 Å². The van der Waals surface area contributed by atoms with Crippen LogP contribution in [0, 0.1) is 10.1 Å². The van der Waals surface area contributed by atoms with Crippen molar-refractivity contribution >= 4 is 17.3 Å². The fourth-order valence-electron chi connectivity index (χ4n) is 2.11. The van der Waals surface area contributed by atoms with Crippen LogP contribution in [0.15, 0.2) is 61.2 Å². The molecule has 1 heterocycles. The molecule has 0 unspecified atom stereocenters. The molecule has 1 aromatic heterocycles. The van der Waals surface area contributed by atoms with Gasteiger partial charge in [-0.25, -0.2) is 9.67 Å². The highest BCUT2D eigenvalue weighted by Crippen LogP contribution is 2.25. The fraction of sp³-hybridized carbons (Fsp3) is 0.0625. The second-order valence-corrected chi connectivity index (χ2v) is 4.95. The summed E-state index contributed by atoms with van der Waals surface area (Å²) >= 11 is 0. The van der Waals surface area contributed by atoms with Crippen LogP contribution in [0.2, 0.25) is 0 Å². The van der Waals surface area contributed by atoms with Gasteiger partial charge in [0.2, 0.25) is 0 Å². The number of nitrogens with zero attached hydrogens (tertiary/aromatic N) is 4. The first kappa shape index (κ1) is 16.1. The van der Waals surface area contributed by atoms with Gasteiger partial charge in [-0.1, -0.05) is 12.1 Å². The maximum Gasteiger partial charge on any atom is 0.310 e. The highest BCUT2D eigenvalue weighted by Gasteiger charge is 2.14. The van der Waals surface area contributed by atoms with Gasteiger partial charge < -0.3 is 10.1 Å². The van der Waals surface area contributed by atoms with E-state index in [-0.39, 0.29) is 18.0 Å². The molecule has 0 aliphatic rings. The summed E-state index contributed by atoms with van der Waals surface area (Å²) < 4.78 is 6.83. The molecule has 0 atom stereocenters. The highest BCUT2D eigenvalue weighted by atomic mass is 16.6. The largest absolute Gasteiger partial charge is 0.477 e. The molecule has 0 radical (unpaired) electrons. The van der Waals surface area contributed by atoms with E-state index in [1.165, 1.54) is 24.5 Å². The van der Waals surface area contributed by atoms with E-state index in [2.05, 4.69) is 15.4 Å². The van der Waals surface area contributed by atoms with Crippen molar-refractivity contribution in [1.29, 1.82) is 0 Å². The van der Waals surface area contributed by atoms with Crippen molar-refractivity contribution in [2.75, 3.05) is 11.9 Å². The third kappa shape index (κ3) is 3.96. The summed E-state index contributed by atoms with van der Waals surface area (Å²) in [4.78, 5) is 26.1. The van der Waals surface area contributed by atoms with Crippen molar-refractivity contribution in [2.24, 2.45) is 0 Å². The van der Waals surface area contributed by atoms with Crippen LogP contribution in [-0.2, 0) is 4.79 Å². The summed E-state index contributed by atoms with van der Waals surface area (Å²) in [7, 11) is 0. The number of benzene rings is 2. The summed E-state index contributed by atoms with van der Waals surface area (Å²) in [5.41, 5.74) is 1.18. The molecule has 0 aliphatic carbocycles. The van der Waals surface area contributed by atoms with E-state index in [4.69, 9.17) is 4.74 Å². The average molecular weight is 339 g/mol. The minimum absolute atomic E-state index is 0.0455. The molecule has 0 saturated heterocycles. The van der Waals surface area contributed by atoms with Gasteiger partial charge >= 0.3 is 5.69 Å². The van der Waals surface area contributed by atoms with Gasteiger partial charge in [0, 0.05) is 11.8 Å². The van der Waals surface area contributed by atoms with E-state index in [1.54, 1.807) is 41.3 Å². The Hall–Kier alpha value is -3.75. The van der Waals surface area contributed by atoms with Crippen LogP contribution in [0.25, 0.3) is 5.69 Å². The number of hydrogen-bond acceptors (Lipinski definition) is 6. The van der Waals surface area contributed by atoms with Crippen molar-refractivity contribution in [3.63, 3.8) is 0 Å². The number of rotatable bonds is 6. The number of para-hydroxylation sites is 2. The number of anilines is 1. The molecular weight excluding hydrogens is 326 g/mol. The summed E-state index contributed by atoms with van der Waals surface area (Å²) in [5, 5.41) is 17.6. The minimum atomic E-state index is -0.559. The second-order valence-electron chi connectivity index (χ2n) is 4.95. The monoisotopic (exact) mass is 339 g/mol. The van der Waals surface area contributed by atoms with Gasteiger partial charge in [-0.3, -0.25) is 14.9 Å². The smallest absolute Gasteiger partial charge is 0.310 e. The number of carbonyl (C=O) groups is 1. The summed E-state index contributed by atoms with van der Waals surface area (Å²) in [6.07, 6.45) is 2.99. The van der Waals surface area contributed by atoms with Crippen LogP contribution in [-0.4, -0.2) is 32.2 Å². The molecule has 3 aromatic rings. The molecule has 0 bridgehead atoms. The van der Waals surface area contributed by atoms with E-state index >= 15 is 0 Å². The van der Waals surface area contributed by atoms with Gasteiger partial charge in [-0.05, 0) is 30.3 Å². The summed E-state index contributed by atoms with van der Waals surface area (Å²) in [6, 6.07) is 12.8. The predicted molar refractivity (Wildman–Crippen MR) is 88.6 cm³/mol. The maximum absolute atomic E-state index is 11.9. The lowest BCUT2D eigenvalue weighted by atomic mass is 10.3. The molecule has 0 spiro atoms. The molecule has 0 aliphatic heterocycles. The van der Waals surface area contributed by atoms with Crippen molar-refractivity contribution < 1.29 is 14.5 Å². The van der Waals surface area contributed by atoms with Gasteiger partial charge in [-0.2, -0.15) is 5.10 Å². The number of carbonyl (C=O) groups excluding carboxylic acids is 1. The summed E-state index contributed by atoms with van der Waals surface area (Å²) in [5.74, 6) is -0.379. The van der Waals surface area contributed by atoms with Crippen LogP contribution >= 0.6 is 0 Å². The van der Waals surface area contributed by atoms with E-state index < -0.39 is 10.8 Å². The lowest BCUT2D eigenvalue weighted by Crippen LogP contribution is -2.20. The van der Waals surface area contributed by atoms with Crippen molar-refractivity contribution in [1.82, 2.24) is 14.8 Å². The zero-order valence-electron chi connectivity index (χ0n) is 12.9. The van der Waals surface area contributed by atoms with Crippen LogP contribution in [0.3, 0.4) is 0 Å². The molecule has 0 fully saturated rings. The number of aromatic nitrogens is 3. The first-order valence-electron chi connectivity index (χ1n) is 7.24. The number of ether oxygens (including phenoxy) is 1. The first-order valence-corrected chi connectivity index (χ1v) is 7.24. The lowest BCUT2D eigenvalue weighted by Gasteiger charge is -2.08. The minimum Gasteiger partial charge on any atom is -0.477 e. The van der Waals surface area contributed by atoms with Crippen LogP contribution < -0.4 is 10.1 Å². The van der Waals surface area contributed by atoms with Gasteiger partial charge in [-0.15, -0.1) is 0 Å². The Morgan fingerprint density at radius 2 is 1.96 bits per heavy atom. The molecule has 126 valence electrons. The number of nitrogens with one attached hydrogen (secondary N) is 1. The third-order valence-corrected chi connectivity index (χ3v) is 3.26. The Bertz CT molecular complexity index is 878. The molecule has 9 heteroatoms. The van der Waals surface area contributed by atoms with E-state index in [0.29, 0.717) is 5.69 Å². The Kier molecular flexibility index (Phi) is 4.65.